The molecule has 0 aromatic carbocycles. The number of fused-ring (bicyclic) bond motifs is 3. The second-order valence-electron chi connectivity index (χ2n) is 5.05. The number of carbonyl (C=O) groups excluding carboxylic acids is 1. The zero-order valence-corrected chi connectivity index (χ0v) is 10.0. The average molecular weight is 267 g/mol. The molecule has 3 aliphatic rings. The molecule has 4 atom stereocenters. The Kier molecular flexibility index (Phi) is 3.42. The fourth-order valence-corrected chi connectivity index (χ4v) is 3.14. The van der Waals surface area contributed by atoms with E-state index < -0.39 is 25.1 Å². The Hall–Kier alpha value is -0.660. The largest absolute Gasteiger partial charge is 0.522 e. The summed E-state index contributed by atoms with van der Waals surface area (Å²) >= 11 is 0. The summed E-state index contributed by atoms with van der Waals surface area (Å²) in [6.07, 6.45) is -3.49. The standard InChI is InChI=1S/C11H16F3NO3/c1-7-4-8-2-3-15(7)10(5-16,9(8)17)6-18-11(12,13)14/h7-8,16H,2-6H2,1H3. The van der Waals surface area contributed by atoms with Crippen molar-refractivity contribution >= 4 is 5.78 Å². The number of carbonyl (C=O) groups is 1. The molecule has 0 amide bonds. The van der Waals surface area contributed by atoms with Gasteiger partial charge in [-0.1, -0.05) is 0 Å². The molecule has 3 aliphatic heterocycles. The van der Waals surface area contributed by atoms with Gasteiger partial charge in [-0.2, -0.15) is 0 Å². The van der Waals surface area contributed by atoms with Crippen LogP contribution in [-0.4, -0.2) is 53.5 Å². The third kappa shape index (κ3) is 2.15. The molecular weight excluding hydrogens is 251 g/mol. The van der Waals surface area contributed by atoms with Crippen LogP contribution in [0.5, 0.6) is 0 Å². The van der Waals surface area contributed by atoms with Gasteiger partial charge < -0.3 is 5.11 Å². The molecule has 2 bridgehead atoms. The maximum Gasteiger partial charge on any atom is 0.522 e. The minimum absolute atomic E-state index is 0.00886. The van der Waals surface area contributed by atoms with Crippen LogP contribution in [0.25, 0.3) is 0 Å². The average Bonchev–Trinajstić information content (AvgIpc) is 2.29. The van der Waals surface area contributed by atoms with E-state index in [-0.39, 0.29) is 17.7 Å². The molecule has 3 fully saturated rings. The van der Waals surface area contributed by atoms with E-state index in [0.29, 0.717) is 19.4 Å². The molecule has 0 aliphatic carbocycles. The van der Waals surface area contributed by atoms with Crippen LogP contribution in [0.15, 0.2) is 0 Å². The predicted octanol–water partition coefficient (Wildman–Crippen LogP) is 0.937. The number of Topliss-reactive ketones (excluding diaryl/α,β-unsaturated/α-hetero) is 1. The molecule has 7 heteroatoms. The van der Waals surface area contributed by atoms with Gasteiger partial charge in [-0.15, -0.1) is 13.2 Å². The minimum atomic E-state index is -4.79. The number of nitrogens with zero attached hydrogens (tertiary/aromatic N) is 1. The highest BCUT2D eigenvalue weighted by Gasteiger charge is 2.56. The van der Waals surface area contributed by atoms with Crippen molar-refractivity contribution in [2.75, 3.05) is 19.8 Å². The number of ketones is 1. The molecule has 3 rings (SSSR count). The SMILES string of the molecule is CC1CC2CCN1C(CO)(COC(F)(F)F)C2=O. The van der Waals surface area contributed by atoms with Gasteiger partial charge >= 0.3 is 6.36 Å². The lowest BCUT2D eigenvalue weighted by Crippen LogP contribution is -2.71. The summed E-state index contributed by atoms with van der Waals surface area (Å²) in [7, 11) is 0. The van der Waals surface area contributed by atoms with Gasteiger partial charge in [0.05, 0.1) is 13.2 Å². The van der Waals surface area contributed by atoms with E-state index in [1.54, 1.807) is 4.90 Å². The molecule has 1 N–H and O–H groups in total. The Bertz CT molecular complexity index is 347. The first kappa shape index (κ1) is 13.8. The Morgan fingerprint density at radius 1 is 1.56 bits per heavy atom. The first-order valence-corrected chi connectivity index (χ1v) is 5.93. The van der Waals surface area contributed by atoms with Crippen molar-refractivity contribution in [1.29, 1.82) is 0 Å². The zero-order valence-electron chi connectivity index (χ0n) is 10.0. The Morgan fingerprint density at radius 3 is 2.72 bits per heavy atom. The second kappa shape index (κ2) is 4.47. The number of hydrogen-bond acceptors (Lipinski definition) is 4. The number of hydrogen-bond donors (Lipinski definition) is 1. The van der Waals surface area contributed by atoms with Crippen molar-refractivity contribution in [3.05, 3.63) is 0 Å². The second-order valence-corrected chi connectivity index (χ2v) is 5.05. The molecule has 4 nitrogen and oxygen atoms in total. The van der Waals surface area contributed by atoms with Crippen LogP contribution < -0.4 is 0 Å². The third-order valence-corrected chi connectivity index (χ3v) is 3.99. The molecular formula is C11H16F3NO3. The Morgan fingerprint density at radius 2 is 2.22 bits per heavy atom. The van der Waals surface area contributed by atoms with Crippen molar-refractivity contribution in [3.8, 4) is 0 Å². The summed E-state index contributed by atoms with van der Waals surface area (Å²) < 4.78 is 40.3. The lowest BCUT2D eigenvalue weighted by atomic mass is 9.71. The molecule has 3 heterocycles. The third-order valence-electron chi connectivity index (χ3n) is 3.99. The highest BCUT2D eigenvalue weighted by molar-refractivity contribution is 5.92. The van der Waals surface area contributed by atoms with Crippen LogP contribution >= 0.6 is 0 Å². The lowest BCUT2D eigenvalue weighted by Gasteiger charge is -2.55. The highest BCUT2D eigenvalue weighted by atomic mass is 19.4. The van der Waals surface area contributed by atoms with Crippen LogP contribution in [0.3, 0.4) is 0 Å². The smallest absolute Gasteiger partial charge is 0.394 e. The molecule has 4 unspecified atom stereocenters. The Balaban J connectivity index is 2.22. The van der Waals surface area contributed by atoms with Crippen LogP contribution in [0.4, 0.5) is 13.2 Å². The first-order chi connectivity index (χ1) is 8.30. The maximum absolute atomic E-state index is 12.2. The molecule has 0 aromatic heterocycles. The summed E-state index contributed by atoms with van der Waals surface area (Å²) in [6.45, 7) is 0.922. The van der Waals surface area contributed by atoms with Crippen molar-refractivity contribution in [3.63, 3.8) is 0 Å². The van der Waals surface area contributed by atoms with Crippen molar-refractivity contribution in [2.45, 2.75) is 37.7 Å². The van der Waals surface area contributed by atoms with Crippen LogP contribution in [0, 0.1) is 5.92 Å². The van der Waals surface area contributed by atoms with E-state index in [9.17, 15) is 23.1 Å². The van der Waals surface area contributed by atoms with Gasteiger partial charge in [0.15, 0.2) is 5.78 Å². The van der Waals surface area contributed by atoms with Gasteiger partial charge in [0.2, 0.25) is 0 Å². The molecule has 0 radical (unpaired) electrons. The lowest BCUT2D eigenvalue weighted by molar-refractivity contribution is -0.335. The van der Waals surface area contributed by atoms with Gasteiger partial charge in [-0.3, -0.25) is 14.4 Å². The van der Waals surface area contributed by atoms with E-state index in [0.717, 1.165) is 0 Å². The summed E-state index contributed by atoms with van der Waals surface area (Å²) in [5, 5.41) is 9.44. The number of aliphatic hydroxyl groups is 1. The van der Waals surface area contributed by atoms with Gasteiger partial charge in [-0.25, -0.2) is 0 Å². The monoisotopic (exact) mass is 267 g/mol. The van der Waals surface area contributed by atoms with E-state index in [1.165, 1.54) is 0 Å². The predicted molar refractivity (Wildman–Crippen MR) is 55.7 cm³/mol. The molecule has 0 saturated carbocycles. The molecule has 104 valence electrons. The van der Waals surface area contributed by atoms with E-state index in [2.05, 4.69) is 4.74 Å². The maximum atomic E-state index is 12.2. The fourth-order valence-electron chi connectivity index (χ4n) is 3.14. The molecule has 3 saturated heterocycles. The van der Waals surface area contributed by atoms with Crippen molar-refractivity contribution < 1.29 is 27.8 Å². The number of piperidine rings is 3. The summed E-state index contributed by atoms with van der Waals surface area (Å²) in [5.74, 6) is -0.576. The normalized spacial score (nSPS) is 40.3. The number of rotatable bonds is 3. The summed E-state index contributed by atoms with van der Waals surface area (Å²) in [5.41, 5.74) is -1.52. The number of ether oxygens (including phenoxy) is 1. The quantitative estimate of drug-likeness (QED) is 0.826. The molecule has 18 heavy (non-hydrogen) atoms. The van der Waals surface area contributed by atoms with Gasteiger partial charge in [0.1, 0.15) is 5.54 Å². The van der Waals surface area contributed by atoms with Crippen LogP contribution in [-0.2, 0) is 9.53 Å². The minimum Gasteiger partial charge on any atom is -0.394 e. The van der Waals surface area contributed by atoms with Gasteiger partial charge in [0.25, 0.3) is 0 Å². The molecule has 0 aromatic rings. The zero-order chi connectivity index (χ0) is 13.6. The van der Waals surface area contributed by atoms with Crippen LogP contribution in [0.2, 0.25) is 0 Å². The Labute approximate surface area is 103 Å². The number of halogens is 3. The van der Waals surface area contributed by atoms with Crippen molar-refractivity contribution in [2.24, 2.45) is 5.92 Å². The number of aliphatic hydroxyl groups excluding tert-OH is 1. The van der Waals surface area contributed by atoms with E-state index in [1.807, 2.05) is 6.92 Å². The summed E-state index contributed by atoms with van der Waals surface area (Å²) in [6, 6.07) is -0.00886. The molecule has 0 spiro atoms. The highest BCUT2D eigenvalue weighted by Crippen LogP contribution is 2.40. The summed E-state index contributed by atoms with van der Waals surface area (Å²) in [4.78, 5) is 13.8. The van der Waals surface area contributed by atoms with Gasteiger partial charge in [0, 0.05) is 18.5 Å². The van der Waals surface area contributed by atoms with Crippen LogP contribution in [0.1, 0.15) is 19.8 Å². The van der Waals surface area contributed by atoms with E-state index >= 15 is 0 Å². The topological polar surface area (TPSA) is 49.8 Å². The fraction of sp³-hybridized carbons (Fsp3) is 0.909. The first-order valence-electron chi connectivity index (χ1n) is 5.93. The van der Waals surface area contributed by atoms with Crippen molar-refractivity contribution in [1.82, 2.24) is 4.90 Å². The van der Waals surface area contributed by atoms with E-state index in [4.69, 9.17) is 0 Å². The van der Waals surface area contributed by atoms with Gasteiger partial charge in [-0.05, 0) is 19.8 Å². The number of alkyl halides is 3.